The summed E-state index contributed by atoms with van der Waals surface area (Å²) < 4.78 is 58.8. The monoisotopic (exact) mass is 519 g/mol. The van der Waals surface area contributed by atoms with Crippen molar-refractivity contribution in [1.29, 1.82) is 0 Å². The molecule has 3 rings (SSSR count). The Labute approximate surface area is 180 Å². The molecule has 5 N–H and O–H groups in total. The lowest BCUT2D eigenvalue weighted by molar-refractivity contribution is -0.0502. The van der Waals surface area contributed by atoms with Crippen LogP contribution in [0.25, 0.3) is 11.2 Å². The highest BCUT2D eigenvalue weighted by Crippen LogP contribution is 2.66. The smallest absolute Gasteiger partial charge is 0.378 e. The fourth-order valence-corrected chi connectivity index (χ4v) is 6.02. The number of fused-ring (bicyclic) bond motifs is 1. The lowest BCUT2D eigenvalue weighted by atomic mass is 10.2. The molecular formula is C12H20N5O12P3. The van der Waals surface area contributed by atoms with E-state index in [0.717, 1.165) is 0 Å². The SMILES string of the molecule is CNc1ncnc2c1ncn2C1CC(OC)C(COP(=O)(O)OP(=O)(O)OP(=O)(O)O)O1. The van der Waals surface area contributed by atoms with E-state index in [1.54, 1.807) is 11.6 Å². The van der Waals surface area contributed by atoms with Crippen molar-refractivity contribution in [3.63, 3.8) is 0 Å². The van der Waals surface area contributed by atoms with Gasteiger partial charge in [0, 0.05) is 20.6 Å². The second-order valence-electron chi connectivity index (χ2n) is 6.32. The van der Waals surface area contributed by atoms with Crippen molar-refractivity contribution in [2.45, 2.75) is 24.9 Å². The van der Waals surface area contributed by atoms with E-state index in [4.69, 9.17) is 19.3 Å². The standard InChI is InChI=1S/C12H20N5O12P3/c1-13-11-10-12(15-5-14-11)17(6-16-10)9-3-7(25-2)8(27-9)4-26-31(21,22)29-32(23,24)28-30(18,19)20/h5-9H,3-4H2,1-2H3,(H,21,22)(H,23,24)(H,13,14,15)(H2,18,19,20). The molecule has 20 heteroatoms. The maximum atomic E-state index is 11.9. The number of anilines is 1. The Bertz CT molecular complexity index is 1110. The second kappa shape index (κ2) is 9.50. The number of methoxy groups -OCH3 is 1. The molecule has 0 aromatic carbocycles. The van der Waals surface area contributed by atoms with Crippen LogP contribution in [0.1, 0.15) is 12.6 Å². The predicted octanol–water partition coefficient (Wildman–Crippen LogP) is 0.514. The van der Waals surface area contributed by atoms with Crippen LogP contribution in [0.5, 0.6) is 0 Å². The Kier molecular flexibility index (Phi) is 7.52. The van der Waals surface area contributed by atoms with Crippen molar-refractivity contribution in [3.8, 4) is 0 Å². The molecule has 2 aromatic heterocycles. The summed E-state index contributed by atoms with van der Waals surface area (Å²) in [6.07, 6.45) is 0.863. The van der Waals surface area contributed by atoms with Gasteiger partial charge < -0.3 is 34.4 Å². The van der Waals surface area contributed by atoms with Crippen molar-refractivity contribution in [1.82, 2.24) is 19.5 Å². The number of hydrogen-bond acceptors (Lipinski definition) is 12. The minimum atomic E-state index is -5.61. The van der Waals surface area contributed by atoms with E-state index < -0.39 is 48.5 Å². The van der Waals surface area contributed by atoms with Crippen LogP contribution < -0.4 is 5.32 Å². The summed E-state index contributed by atoms with van der Waals surface area (Å²) in [5, 5.41) is 2.88. The molecule has 3 heterocycles. The Morgan fingerprint density at radius 3 is 2.50 bits per heavy atom. The van der Waals surface area contributed by atoms with Crippen LogP contribution in [0.3, 0.4) is 0 Å². The van der Waals surface area contributed by atoms with Crippen molar-refractivity contribution in [2.24, 2.45) is 0 Å². The summed E-state index contributed by atoms with van der Waals surface area (Å²) in [6.45, 7) is -0.637. The second-order valence-corrected chi connectivity index (χ2v) is 10.7. The van der Waals surface area contributed by atoms with E-state index in [9.17, 15) is 23.5 Å². The summed E-state index contributed by atoms with van der Waals surface area (Å²) in [6, 6.07) is 0. The number of aromatic nitrogens is 4. The predicted molar refractivity (Wildman–Crippen MR) is 104 cm³/mol. The molecule has 1 fully saturated rings. The van der Waals surface area contributed by atoms with Gasteiger partial charge in [-0.05, 0) is 0 Å². The fourth-order valence-electron chi connectivity index (χ4n) is 2.99. The van der Waals surface area contributed by atoms with E-state index in [1.165, 1.54) is 19.8 Å². The largest absolute Gasteiger partial charge is 0.490 e. The van der Waals surface area contributed by atoms with Gasteiger partial charge in [0.2, 0.25) is 0 Å². The molecule has 5 unspecified atom stereocenters. The highest BCUT2D eigenvalue weighted by molar-refractivity contribution is 7.66. The molecule has 5 atom stereocenters. The number of phosphoric ester groups is 1. The van der Waals surface area contributed by atoms with Crippen LogP contribution in [-0.4, -0.2) is 72.1 Å². The molecule has 1 aliphatic heterocycles. The molecular weight excluding hydrogens is 499 g/mol. The van der Waals surface area contributed by atoms with Crippen LogP contribution in [0.2, 0.25) is 0 Å². The molecule has 0 amide bonds. The summed E-state index contributed by atoms with van der Waals surface area (Å²) in [7, 11) is -13.3. The first-order valence-electron chi connectivity index (χ1n) is 8.66. The molecule has 0 aliphatic carbocycles. The van der Waals surface area contributed by atoms with Gasteiger partial charge in [-0.2, -0.15) is 8.62 Å². The molecule has 17 nitrogen and oxygen atoms in total. The minimum absolute atomic E-state index is 0.269. The van der Waals surface area contributed by atoms with Gasteiger partial charge >= 0.3 is 23.5 Å². The first-order chi connectivity index (χ1) is 14.8. The lowest BCUT2D eigenvalue weighted by Gasteiger charge is -2.20. The van der Waals surface area contributed by atoms with E-state index in [1.807, 2.05) is 0 Å². The highest BCUT2D eigenvalue weighted by Gasteiger charge is 2.43. The zero-order valence-electron chi connectivity index (χ0n) is 16.5. The molecule has 180 valence electrons. The molecule has 2 aromatic rings. The summed E-state index contributed by atoms with van der Waals surface area (Å²) >= 11 is 0. The number of nitrogens with one attached hydrogen (secondary N) is 1. The highest BCUT2D eigenvalue weighted by atomic mass is 31.3. The van der Waals surface area contributed by atoms with E-state index in [2.05, 4.69) is 33.4 Å². The number of rotatable bonds is 10. The van der Waals surface area contributed by atoms with Crippen molar-refractivity contribution < 1.29 is 55.9 Å². The normalized spacial score (nSPS) is 25.5. The third-order valence-electron chi connectivity index (χ3n) is 4.21. The van der Waals surface area contributed by atoms with E-state index in [0.29, 0.717) is 17.0 Å². The summed E-state index contributed by atoms with van der Waals surface area (Å²) in [5.41, 5.74) is 0.946. The topological polar surface area (TPSA) is 234 Å². The maximum absolute atomic E-state index is 11.9. The molecule has 0 saturated carbocycles. The maximum Gasteiger partial charge on any atom is 0.490 e. The molecule has 1 aliphatic rings. The third-order valence-corrected chi connectivity index (χ3v) is 8.01. The van der Waals surface area contributed by atoms with Crippen molar-refractivity contribution >= 4 is 40.4 Å². The van der Waals surface area contributed by atoms with E-state index in [-0.39, 0.29) is 6.42 Å². The van der Waals surface area contributed by atoms with Crippen molar-refractivity contribution in [2.75, 3.05) is 26.1 Å². The van der Waals surface area contributed by atoms with Gasteiger partial charge in [0.25, 0.3) is 0 Å². The zero-order chi connectivity index (χ0) is 23.7. The van der Waals surface area contributed by atoms with Crippen LogP contribution in [0.4, 0.5) is 5.82 Å². The summed E-state index contributed by atoms with van der Waals surface area (Å²) in [4.78, 5) is 48.4. The van der Waals surface area contributed by atoms with Gasteiger partial charge in [-0.1, -0.05) is 0 Å². The third kappa shape index (κ3) is 6.17. The van der Waals surface area contributed by atoms with Crippen LogP contribution in [0.15, 0.2) is 12.7 Å². The summed E-state index contributed by atoms with van der Waals surface area (Å²) in [5.74, 6) is 0.499. The first kappa shape index (κ1) is 25.3. The molecule has 0 bridgehead atoms. The molecule has 32 heavy (non-hydrogen) atoms. The van der Waals surface area contributed by atoms with Crippen molar-refractivity contribution in [3.05, 3.63) is 12.7 Å². The Balaban J connectivity index is 1.69. The minimum Gasteiger partial charge on any atom is -0.378 e. The molecule has 0 spiro atoms. The number of nitrogens with zero attached hydrogens (tertiary/aromatic N) is 4. The van der Waals surface area contributed by atoms with Gasteiger partial charge in [0.05, 0.1) is 19.0 Å². The Morgan fingerprint density at radius 1 is 1.16 bits per heavy atom. The van der Waals surface area contributed by atoms with Gasteiger partial charge in [0.1, 0.15) is 24.2 Å². The lowest BCUT2D eigenvalue weighted by Crippen LogP contribution is -2.27. The van der Waals surface area contributed by atoms with Gasteiger partial charge in [0.15, 0.2) is 11.5 Å². The van der Waals surface area contributed by atoms with Gasteiger partial charge in [-0.3, -0.25) is 9.09 Å². The quantitative estimate of drug-likeness (QED) is 0.269. The zero-order valence-corrected chi connectivity index (χ0v) is 19.2. The van der Waals surface area contributed by atoms with E-state index >= 15 is 0 Å². The fraction of sp³-hybridized carbons (Fsp3) is 0.583. The number of hydrogen-bond donors (Lipinski definition) is 5. The number of imidazole rings is 1. The van der Waals surface area contributed by atoms with Crippen LogP contribution >= 0.6 is 23.5 Å². The number of ether oxygens (including phenoxy) is 2. The average Bonchev–Trinajstić information content (AvgIpc) is 3.26. The van der Waals surface area contributed by atoms with Crippen LogP contribution in [-0.2, 0) is 36.3 Å². The Hall–Kier alpha value is -1.32. The molecule has 1 saturated heterocycles. The van der Waals surface area contributed by atoms with Crippen LogP contribution in [0, 0.1) is 0 Å². The molecule has 0 radical (unpaired) electrons. The number of phosphoric acid groups is 3. The Morgan fingerprint density at radius 2 is 1.88 bits per heavy atom. The average molecular weight is 519 g/mol. The van der Waals surface area contributed by atoms with Gasteiger partial charge in [-0.15, -0.1) is 0 Å². The van der Waals surface area contributed by atoms with Gasteiger partial charge in [-0.25, -0.2) is 28.6 Å². The first-order valence-corrected chi connectivity index (χ1v) is 13.2.